The molecule has 214 valence electrons. The second-order valence-corrected chi connectivity index (χ2v) is 10.0. The zero-order valence-corrected chi connectivity index (χ0v) is 23.2. The number of H-pyrrole nitrogens is 1. The van der Waals surface area contributed by atoms with Crippen molar-refractivity contribution in [2.75, 3.05) is 23.9 Å². The predicted molar refractivity (Wildman–Crippen MR) is 161 cm³/mol. The van der Waals surface area contributed by atoms with Crippen molar-refractivity contribution in [1.29, 1.82) is 0 Å². The highest BCUT2D eigenvalue weighted by Gasteiger charge is 2.40. The quantitative estimate of drug-likeness (QED) is 0.250. The third-order valence-corrected chi connectivity index (χ3v) is 7.40. The van der Waals surface area contributed by atoms with Crippen molar-refractivity contribution < 1.29 is 23.9 Å². The van der Waals surface area contributed by atoms with E-state index in [-0.39, 0.29) is 12.1 Å². The number of rotatable bonds is 9. The van der Waals surface area contributed by atoms with E-state index in [2.05, 4.69) is 15.3 Å². The summed E-state index contributed by atoms with van der Waals surface area (Å²) in [5.74, 6) is -1.82. The first-order valence-corrected chi connectivity index (χ1v) is 13.6. The molecule has 3 amide bonds. The fraction of sp³-hybridized carbons (Fsp3) is 0.121. The Morgan fingerprint density at radius 2 is 1.74 bits per heavy atom. The van der Waals surface area contributed by atoms with Crippen LogP contribution in [-0.4, -0.2) is 52.0 Å². The third kappa shape index (κ3) is 5.33. The van der Waals surface area contributed by atoms with Gasteiger partial charge in [-0.1, -0.05) is 36.4 Å². The van der Waals surface area contributed by atoms with Crippen LogP contribution < -0.4 is 15.0 Å². The van der Waals surface area contributed by atoms with Gasteiger partial charge >= 0.3 is 0 Å². The highest BCUT2D eigenvalue weighted by molar-refractivity contribution is 6.52. The van der Waals surface area contributed by atoms with Gasteiger partial charge in [0.2, 0.25) is 5.91 Å². The molecule has 3 heterocycles. The maximum atomic E-state index is 14.3. The smallest absolute Gasteiger partial charge is 0.299 e. The molecule has 0 saturated carbocycles. The van der Waals surface area contributed by atoms with Crippen LogP contribution in [0.5, 0.6) is 5.75 Å². The number of hydrogen-bond donors (Lipinski definition) is 2. The Morgan fingerprint density at radius 1 is 0.977 bits per heavy atom. The van der Waals surface area contributed by atoms with Crippen LogP contribution in [0.3, 0.4) is 0 Å². The summed E-state index contributed by atoms with van der Waals surface area (Å²) in [5, 5.41) is 3.70. The average molecular weight is 574 g/mol. The van der Waals surface area contributed by atoms with E-state index in [1.807, 2.05) is 24.3 Å². The number of carbonyl (C=O) groups is 4. The molecule has 43 heavy (non-hydrogen) atoms. The number of ketones is 1. The lowest BCUT2D eigenvalue weighted by Crippen LogP contribution is -2.46. The Balaban J connectivity index is 1.42. The maximum absolute atomic E-state index is 14.3. The number of anilines is 2. The molecule has 10 nitrogen and oxygen atoms in total. The van der Waals surface area contributed by atoms with Gasteiger partial charge in [0.25, 0.3) is 17.6 Å². The van der Waals surface area contributed by atoms with Crippen molar-refractivity contribution in [3.63, 3.8) is 0 Å². The molecule has 2 aromatic heterocycles. The van der Waals surface area contributed by atoms with E-state index in [9.17, 15) is 19.2 Å². The molecule has 0 radical (unpaired) electrons. The first-order valence-electron chi connectivity index (χ1n) is 13.6. The molecule has 0 aliphatic carbocycles. The Labute approximate surface area is 246 Å². The van der Waals surface area contributed by atoms with Gasteiger partial charge in [-0.25, -0.2) is 0 Å². The van der Waals surface area contributed by atoms with Gasteiger partial charge in [0.15, 0.2) is 0 Å². The van der Waals surface area contributed by atoms with Crippen molar-refractivity contribution in [2.45, 2.75) is 12.6 Å². The number of nitrogens with one attached hydrogen (secondary N) is 2. The molecule has 0 spiro atoms. The number of fused-ring (bicyclic) bond motifs is 2. The molecule has 6 rings (SSSR count). The summed E-state index contributed by atoms with van der Waals surface area (Å²) in [6.07, 6.45) is 4.95. The summed E-state index contributed by atoms with van der Waals surface area (Å²) in [4.78, 5) is 64.1. The Kier molecular flexibility index (Phi) is 7.40. The van der Waals surface area contributed by atoms with Crippen LogP contribution >= 0.6 is 0 Å². The standard InChI is InChI=1S/C33H27N5O5/c1-43-23-14-12-22(13-15-23)36-32(41)30(26-18-35-27-10-4-2-8-24(26)27)38(19-21-7-6-16-34-17-21)29(39)20-37-28-11-5-3-9-25(28)31(40)33(37)42/h2-18,30,35H,19-20H2,1H3,(H,36,41). The third-order valence-electron chi connectivity index (χ3n) is 7.40. The van der Waals surface area contributed by atoms with Crippen molar-refractivity contribution >= 4 is 45.8 Å². The number of Topliss-reactive ketones (excluding diaryl/α,β-unsaturated/α-hetero) is 1. The van der Waals surface area contributed by atoms with Crippen molar-refractivity contribution in [3.05, 3.63) is 120 Å². The van der Waals surface area contributed by atoms with E-state index in [1.54, 1.807) is 86.4 Å². The molecule has 2 N–H and O–H groups in total. The monoisotopic (exact) mass is 573 g/mol. The molecule has 10 heteroatoms. The Hall–Kier alpha value is -5.77. The van der Waals surface area contributed by atoms with Gasteiger partial charge in [0.05, 0.1) is 18.4 Å². The van der Waals surface area contributed by atoms with Crippen molar-refractivity contribution in [1.82, 2.24) is 14.9 Å². The number of methoxy groups -OCH3 is 1. The largest absolute Gasteiger partial charge is 0.497 e. The fourth-order valence-corrected chi connectivity index (χ4v) is 5.30. The zero-order chi connectivity index (χ0) is 29.9. The molecule has 3 aromatic carbocycles. The van der Waals surface area contributed by atoms with E-state index in [4.69, 9.17) is 4.74 Å². The number of pyridine rings is 1. The Bertz CT molecular complexity index is 1830. The van der Waals surface area contributed by atoms with Crippen molar-refractivity contribution in [3.8, 4) is 5.75 Å². The second kappa shape index (κ2) is 11.6. The van der Waals surface area contributed by atoms with Crippen LogP contribution in [0, 0.1) is 0 Å². The Morgan fingerprint density at radius 3 is 2.51 bits per heavy atom. The van der Waals surface area contributed by atoms with Crippen molar-refractivity contribution in [2.24, 2.45) is 0 Å². The molecule has 0 fully saturated rings. The minimum atomic E-state index is -1.12. The summed E-state index contributed by atoms with van der Waals surface area (Å²) < 4.78 is 5.24. The molecule has 1 aliphatic heterocycles. The zero-order valence-electron chi connectivity index (χ0n) is 23.2. The number of benzene rings is 3. The second-order valence-electron chi connectivity index (χ2n) is 10.0. The highest BCUT2D eigenvalue weighted by atomic mass is 16.5. The summed E-state index contributed by atoms with van der Waals surface area (Å²) in [7, 11) is 1.56. The lowest BCUT2D eigenvalue weighted by Gasteiger charge is -2.32. The van der Waals surface area contributed by atoms with Crippen LogP contribution in [0.25, 0.3) is 10.9 Å². The number of hydrogen-bond acceptors (Lipinski definition) is 6. The van der Waals surface area contributed by atoms with E-state index in [0.717, 1.165) is 10.9 Å². The van der Waals surface area contributed by atoms with Crippen LogP contribution in [0.4, 0.5) is 11.4 Å². The average Bonchev–Trinajstić information content (AvgIpc) is 3.56. The number of ether oxygens (including phenoxy) is 1. The van der Waals surface area contributed by atoms with Gasteiger partial charge in [-0.05, 0) is 54.1 Å². The van der Waals surface area contributed by atoms with Crippen LogP contribution in [0.15, 0.2) is 104 Å². The van der Waals surface area contributed by atoms with E-state index in [0.29, 0.717) is 28.3 Å². The van der Waals surface area contributed by atoms with E-state index < -0.39 is 36.1 Å². The number of amides is 3. The molecule has 1 aliphatic rings. The van der Waals surface area contributed by atoms with Crippen LogP contribution in [-0.2, 0) is 20.9 Å². The van der Waals surface area contributed by atoms with Crippen LogP contribution in [0.1, 0.15) is 27.5 Å². The lowest BCUT2D eigenvalue weighted by molar-refractivity contribution is -0.139. The lowest BCUT2D eigenvalue weighted by atomic mass is 10.0. The number of para-hydroxylation sites is 2. The molecule has 0 saturated heterocycles. The topological polar surface area (TPSA) is 125 Å². The molecule has 1 unspecified atom stereocenters. The summed E-state index contributed by atoms with van der Waals surface area (Å²) in [6, 6.07) is 23.4. The predicted octanol–water partition coefficient (Wildman–Crippen LogP) is 4.51. The number of aromatic amines is 1. The molecular formula is C33H27N5O5. The van der Waals surface area contributed by atoms with E-state index in [1.165, 1.54) is 9.80 Å². The maximum Gasteiger partial charge on any atom is 0.299 e. The number of carbonyl (C=O) groups excluding carboxylic acids is 4. The normalized spacial score (nSPS) is 13.1. The summed E-state index contributed by atoms with van der Waals surface area (Å²) in [5.41, 5.74) is 3.16. The molecule has 0 bridgehead atoms. The number of nitrogens with zero attached hydrogens (tertiary/aromatic N) is 3. The van der Waals surface area contributed by atoms with Gasteiger partial charge < -0.3 is 19.9 Å². The first-order chi connectivity index (χ1) is 20.9. The molecule has 5 aromatic rings. The van der Waals surface area contributed by atoms with Gasteiger partial charge in [-0.2, -0.15) is 0 Å². The number of aromatic nitrogens is 2. The van der Waals surface area contributed by atoms with Gasteiger partial charge in [-0.3, -0.25) is 29.1 Å². The minimum absolute atomic E-state index is 0.0184. The highest BCUT2D eigenvalue weighted by Crippen LogP contribution is 2.33. The van der Waals surface area contributed by atoms with Crippen LogP contribution in [0.2, 0.25) is 0 Å². The van der Waals surface area contributed by atoms with Gasteiger partial charge in [0, 0.05) is 47.3 Å². The minimum Gasteiger partial charge on any atom is -0.497 e. The van der Waals surface area contributed by atoms with Gasteiger partial charge in [0.1, 0.15) is 18.3 Å². The molecule has 1 atom stereocenters. The van der Waals surface area contributed by atoms with Gasteiger partial charge in [-0.15, -0.1) is 0 Å². The molecular weight excluding hydrogens is 546 g/mol. The fourth-order valence-electron chi connectivity index (χ4n) is 5.30. The summed E-state index contributed by atoms with van der Waals surface area (Å²) in [6.45, 7) is -0.416. The van der Waals surface area contributed by atoms with E-state index >= 15 is 0 Å². The SMILES string of the molecule is COc1ccc(NC(=O)C(c2c[nH]c3ccccc23)N(Cc2cccnc2)C(=O)CN2C(=O)C(=O)c3ccccc32)cc1. The summed E-state index contributed by atoms with van der Waals surface area (Å²) >= 11 is 0. The first kappa shape index (κ1) is 27.4.